The smallest absolute Gasteiger partial charge is 0.396 e. The summed E-state index contributed by atoms with van der Waals surface area (Å²) in [5.41, 5.74) is -3.09. The number of nitrogens with one attached hydrogen (secondary N) is 3. The second kappa shape index (κ2) is 12.0. The van der Waals surface area contributed by atoms with E-state index in [0.29, 0.717) is 19.0 Å². The molecule has 3 aromatic rings. The molecule has 3 rings (SSSR count). The summed E-state index contributed by atoms with van der Waals surface area (Å²) in [7, 11) is 1.80. The van der Waals surface area contributed by atoms with E-state index in [4.69, 9.17) is 10.2 Å². The number of aromatic nitrogens is 2. The third kappa shape index (κ3) is 6.90. The van der Waals surface area contributed by atoms with Gasteiger partial charge in [0.05, 0.1) is 23.1 Å². The highest BCUT2D eigenvalue weighted by Crippen LogP contribution is 2.45. The van der Waals surface area contributed by atoms with Crippen molar-refractivity contribution >= 4 is 22.7 Å². The first-order valence-electron chi connectivity index (χ1n) is 9.79. The molecule has 180 valence electrons. The number of hydrogen-bond acceptors (Lipinski definition) is 6. The van der Waals surface area contributed by atoms with Crippen LogP contribution in [0.5, 0.6) is 0 Å². The fourth-order valence-electron chi connectivity index (χ4n) is 2.90. The van der Waals surface area contributed by atoms with Crippen LogP contribution in [0.1, 0.15) is 12.0 Å². The number of aliphatic hydroxyl groups excluding tert-OH is 2. The average molecular weight is 489 g/mol. The van der Waals surface area contributed by atoms with Gasteiger partial charge in [-0.1, -0.05) is 12.1 Å². The Kier molecular flexibility index (Phi) is 9.65. The minimum Gasteiger partial charge on any atom is -0.396 e. The van der Waals surface area contributed by atoms with Gasteiger partial charge >= 0.3 is 11.9 Å². The summed E-state index contributed by atoms with van der Waals surface area (Å²) < 4.78 is 54.7. The highest BCUT2D eigenvalue weighted by Gasteiger charge is 2.36. The van der Waals surface area contributed by atoms with Gasteiger partial charge in [-0.2, -0.15) is 13.2 Å². The molecule has 12 heteroatoms. The van der Waals surface area contributed by atoms with Gasteiger partial charge in [0.15, 0.2) is 0 Å². The summed E-state index contributed by atoms with van der Waals surface area (Å²) in [5.74, 6) is -0.368. The lowest BCUT2D eigenvalue weighted by molar-refractivity contribution is -0.137. The number of thioether (sulfide) groups is 1. The number of hydrogen-bond donors (Lipinski definition) is 5. The minimum atomic E-state index is -4.80. The number of alkyl halides is 3. The standard InChI is InChI=1S/C18H14F4N2O3S.C3H9NO/c19-10-4-2-9(3-5-10)13-12(18(20,21)22)8-11-14(15(13)28-7-1-6-25)23-17(27)24-16(11)26;1-4-2-3-5/h2-5,8,25H,1,6-7H2,(H2,23,24,26,27);4-5H,2-3H2,1H3. The van der Waals surface area contributed by atoms with Crippen molar-refractivity contribution in [3.8, 4) is 11.1 Å². The SMILES string of the molecule is CNCCO.O=c1[nH]c(=O)c2cc(C(F)(F)F)c(-c3ccc(F)cc3)c(SCCCO)c2[nH]1. The summed E-state index contributed by atoms with van der Waals surface area (Å²) in [4.78, 5) is 28.2. The molecule has 0 unspecified atom stereocenters. The zero-order valence-electron chi connectivity index (χ0n) is 17.6. The lowest BCUT2D eigenvalue weighted by Crippen LogP contribution is -2.23. The second-order valence-electron chi connectivity index (χ2n) is 6.72. The molecule has 0 amide bonds. The largest absolute Gasteiger partial charge is 0.417 e. The molecule has 7 nitrogen and oxygen atoms in total. The number of aromatic amines is 2. The first kappa shape index (κ1) is 26.6. The summed E-state index contributed by atoms with van der Waals surface area (Å²) in [5, 5.41) is 19.5. The summed E-state index contributed by atoms with van der Waals surface area (Å²) >= 11 is 0.971. The van der Waals surface area contributed by atoms with E-state index in [1.165, 1.54) is 12.1 Å². The summed E-state index contributed by atoms with van der Waals surface area (Å²) in [6.07, 6.45) is -4.51. The monoisotopic (exact) mass is 489 g/mol. The number of rotatable bonds is 7. The Labute approximate surface area is 189 Å². The second-order valence-corrected chi connectivity index (χ2v) is 7.82. The van der Waals surface area contributed by atoms with Gasteiger partial charge in [-0.3, -0.25) is 9.78 Å². The van der Waals surface area contributed by atoms with Gasteiger partial charge in [0, 0.05) is 29.4 Å². The minimum absolute atomic E-state index is 0.0353. The Morgan fingerprint density at radius 3 is 2.24 bits per heavy atom. The van der Waals surface area contributed by atoms with Crippen LogP contribution in [0.15, 0.2) is 44.8 Å². The molecule has 0 radical (unpaired) electrons. The van der Waals surface area contributed by atoms with Crippen LogP contribution >= 0.6 is 11.8 Å². The molecule has 5 N–H and O–H groups in total. The normalized spacial score (nSPS) is 11.4. The molecule has 0 aliphatic carbocycles. The molecule has 0 aliphatic heterocycles. The lowest BCUT2D eigenvalue weighted by atomic mass is 9.97. The topological polar surface area (TPSA) is 118 Å². The fraction of sp³-hybridized carbons (Fsp3) is 0.333. The van der Waals surface area contributed by atoms with Gasteiger partial charge in [-0.15, -0.1) is 11.8 Å². The molecule has 1 aromatic heterocycles. The van der Waals surface area contributed by atoms with Gasteiger partial charge in [0.2, 0.25) is 0 Å². The van der Waals surface area contributed by atoms with Crippen molar-refractivity contribution < 1.29 is 27.8 Å². The average Bonchev–Trinajstić information content (AvgIpc) is 2.75. The zero-order valence-corrected chi connectivity index (χ0v) is 18.4. The molecular weight excluding hydrogens is 466 g/mol. The molecule has 1 heterocycles. The Balaban J connectivity index is 0.000000696. The Bertz CT molecular complexity index is 1180. The number of aliphatic hydroxyl groups is 2. The number of benzene rings is 2. The number of H-pyrrole nitrogens is 2. The zero-order chi connectivity index (χ0) is 24.6. The molecule has 0 atom stereocenters. The van der Waals surface area contributed by atoms with Crippen LogP contribution in [0.25, 0.3) is 22.0 Å². The highest BCUT2D eigenvalue weighted by atomic mass is 32.2. The van der Waals surface area contributed by atoms with E-state index in [-0.39, 0.29) is 45.9 Å². The molecule has 0 saturated heterocycles. The summed E-state index contributed by atoms with van der Waals surface area (Å²) in [6, 6.07) is 5.14. The molecule has 33 heavy (non-hydrogen) atoms. The molecule has 0 spiro atoms. The molecule has 0 aliphatic rings. The van der Waals surface area contributed by atoms with Crippen molar-refractivity contribution in [3.63, 3.8) is 0 Å². The van der Waals surface area contributed by atoms with E-state index in [2.05, 4.69) is 10.3 Å². The van der Waals surface area contributed by atoms with Gasteiger partial charge < -0.3 is 20.5 Å². The van der Waals surface area contributed by atoms with E-state index in [1.807, 2.05) is 4.98 Å². The Hall–Kier alpha value is -2.67. The van der Waals surface area contributed by atoms with Crippen LogP contribution in [-0.2, 0) is 6.18 Å². The van der Waals surface area contributed by atoms with Crippen molar-refractivity contribution in [2.24, 2.45) is 0 Å². The van der Waals surface area contributed by atoms with E-state index < -0.39 is 28.8 Å². The highest BCUT2D eigenvalue weighted by molar-refractivity contribution is 7.99. The van der Waals surface area contributed by atoms with Crippen molar-refractivity contribution in [1.82, 2.24) is 15.3 Å². The van der Waals surface area contributed by atoms with E-state index in [1.54, 1.807) is 7.05 Å². The van der Waals surface area contributed by atoms with Crippen LogP contribution in [-0.4, -0.2) is 52.7 Å². The van der Waals surface area contributed by atoms with Gasteiger partial charge in [0.1, 0.15) is 5.82 Å². The first-order valence-corrected chi connectivity index (χ1v) is 10.8. The number of likely N-dealkylation sites (N-methyl/N-ethyl adjacent to an activating group) is 1. The van der Waals surface area contributed by atoms with Crippen LogP contribution in [0.2, 0.25) is 0 Å². The maximum absolute atomic E-state index is 13.8. The Morgan fingerprint density at radius 1 is 1.06 bits per heavy atom. The van der Waals surface area contributed by atoms with Gasteiger partial charge in [0.25, 0.3) is 5.56 Å². The fourth-order valence-corrected chi connectivity index (χ4v) is 4.05. The maximum atomic E-state index is 13.8. The van der Waals surface area contributed by atoms with Crippen LogP contribution < -0.4 is 16.6 Å². The molecular formula is C21H23F4N3O4S. The van der Waals surface area contributed by atoms with E-state index in [9.17, 15) is 27.2 Å². The molecule has 0 fully saturated rings. The third-order valence-corrected chi connectivity index (χ3v) is 5.53. The van der Waals surface area contributed by atoms with Gasteiger partial charge in [-0.05, 0) is 37.2 Å². The van der Waals surface area contributed by atoms with Crippen molar-refractivity contribution in [3.05, 3.63) is 62.6 Å². The number of halogens is 4. The maximum Gasteiger partial charge on any atom is 0.417 e. The van der Waals surface area contributed by atoms with Crippen LogP contribution in [0.3, 0.4) is 0 Å². The predicted molar refractivity (Wildman–Crippen MR) is 119 cm³/mol. The Morgan fingerprint density at radius 2 is 1.73 bits per heavy atom. The number of fused-ring (bicyclic) bond motifs is 1. The van der Waals surface area contributed by atoms with E-state index >= 15 is 0 Å². The quantitative estimate of drug-likeness (QED) is 0.198. The first-order chi connectivity index (χ1) is 15.6. The van der Waals surface area contributed by atoms with Crippen molar-refractivity contribution in [2.45, 2.75) is 17.5 Å². The lowest BCUT2D eigenvalue weighted by Gasteiger charge is -2.19. The van der Waals surface area contributed by atoms with Crippen molar-refractivity contribution in [1.29, 1.82) is 0 Å². The summed E-state index contributed by atoms with van der Waals surface area (Å²) in [6.45, 7) is 0.753. The van der Waals surface area contributed by atoms with Gasteiger partial charge in [-0.25, -0.2) is 9.18 Å². The third-order valence-electron chi connectivity index (χ3n) is 4.34. The van der Waals surface area contributed by atoms with Crippen molar-refractivity contribution in [2.75, 3.05) is 32.6 Å². The van der Waals surface area contributed by atoms with Crippen LogP contribution in [0, 0.1) is 5.82 Å². The van der Waals surface area contributed by atoms with E-state index in [0.717, 1.165) is 23.9 Å². The predicted octanol–water partition coefficient (Wildman–Crippen LogP) is 2.71. The molecule has 2 aromatic carbocycles. The molecule has 0 bridgehead atoms. The van der Waals surface area contributed by atoms with Crippen LogP contribution in [0.4, 0.5) is 17.6 Å². The molecule has 0 saturated carbocycles.